The van der Waals surface area contributed by atoms with Gasteiger partial charge in [0.05, 0.1) is 36.0 Å². The van der Waals surface area contributed by atoms with Crippen molar-refractivity contribution in [3.63, 3.8) is 0 Å². The normalized spacial score (nSPS) is 18.0. The average Bonchev–Trinajstić information content (AvgIpc) is 3.58. The van der Waals surface area contributed by atoms with E-state index in [-0.39, 0.29) is 38.5 Å². The van der Waals surface area contributed by atoms with Gasteiger partial charge in [0, 0.05) is 18.0 Å². The monoisotopic (exact) mass is 861 g/mol. The van der Waals surface area contributed by atoms with Gasteiger partial charge in [-0.15, -0.1) is 23.5 Å². The maximum Gasteiger partial charge on any atom is 0.407 e. The first-order chi connectivity index (χ1) is 27.6. The summed E-state index contributed by atoms with van der Waals surface area (Å²) in [6.07, 6.45) is -0.0241. The van der Waals surface area contributed by atoms with Crippen LogP contribution in [0.25, 0.3) is 0 Å². The van der Waals surface area contributed by atoms with Crippen LogP contribution in [0.15, 0.2) is 54.6 Å². The summed E-state index contributed by atoms with van der Waals surface area (Å²) >= 11 is 9.35. The fourth-order valence-electron chi connectivity index (χ4n) is 6.38. The van der Waals surface area contributed by atoms with Crippen LogP contribution in [0.4, 0.5) is 4.79 Å². The van der Waals surface area contributed by atoms with Crippen LogP contribution in [0.1, 0.15) is 70.5 Å². The average molecular weight is 862 g/mol. The van der Waals surface area contributed by atoms with E-state index < -0.39 is 82.4 Å². The first-order valence-electron chi connectivity index (χ1n) is 19.2. The van der Waals surface area contributed by atoms with Gasteiger partial charge in [-0.25, -0.2) is 9.59 Å². The zero-order valence-electron chi connectivity index (χ0n) is 33.0. The van der Waals surface area contributed by atoms with Crippen LogP contribution in [-0.4, -0.2) is 111 Å². The number of nitrogens with zero attached hydrogens (tertiary/aromatic N) is 1. The summed E-state index contributed by atoms with van der Waals surface area (Å²) in [7, 11) is 0. The number of benzene rings is 2. The first kappa shape index (κ1) is 46.4. The zero-order chi connectivity index (χ0) is 42.4. The Hall–Kier alpha value is -4.32. The van der Waals surface area contributed by atoms with Crippen LogP contribution >= 0.6 is 35.1 Å². The summed E-state index contributed by atoms with van der Waals surface area (Å²) < 4.78 is 10.9. The maximum atomic E-state index is 14.6. The van der Waals surface area contributed by atoms with E-state index >= 15 is 0 Å². The first-order valence-corrected chi connectivity index (χ1v) is 21.5. The molecule has 2 aromatic rings. The molecule has 18 heteroatoms. The molecule has 5 atom stereocenters. The number of carbonyl (C=O) groups excluding carboxylic acids is 6. The summed E-state index contributed by atoms with van der Waals surface area (Å²) in [4.78, 5) is 94.3. The molecule has 2 fully saturated rings. The summed E-state index contributed by atoms with van der Waals surface area (Å²) in [5, 5.41) is 20.1. The van der Waals surface area contributed by atoms with Crippen molar-refractivity contribution >= 4 is 76.6 Å². The number of carbonyl (C=O) groups is 7. The number of ether oxygens (including phenoxy) is 2. The Morgan fingerprint density at radius 3 is 2.24 bits per heavy atom. The molecule has 2 aliphatic rings. The Morgan fingerprint density at radius 1 is 0.948 bits per heavy atom. The third-order valence-electron chi connectivity index (χ3n) is 9.41. The quantitative estimate of drug-likeness (QED) is 0.127. The number of halogens is 1. The second-order valence-corrected chi connectivity index (χ2v) is 18.2. The molecule has 2 heterocycles. The van der Waals surface area contributed by atoms with Crippen molar-refractivity contribution in [1.82, 2.24) is 26.2 Å². The molecule has 5 N–H and O–H groups in total. The second-order valence-electron chi connectivity index (χ2n) is 14.6. The summed E-state index contributed by atoms with van der Waals surface area (Å²) in [6, 6.07) is 9.96. The third kappa shape index (κ3) is 13.4. The minimum atomic E-state index is -1.38. The van der Waals surface area contributed by atoms with Gasteiger partial charge in [0.15, 0.2) is 6.04 Å². The van der Waals surface area contributed by atoms with Crippen LogP contribution < -0.4 is 21.3 Å². The Bertz CT molecular complexity index is 1760. The summed E-state index contributed by atoms with van der Waals surface area (Å²) in [5.74, 6) is -3.88. The smallest absolute Gasteiger partial charge is 0.407 e. The molecular weight excluding hydrogens is 810 g/mol. The highest BCUT2D eigenvalue weighted by Gasteiger charge is 2.52. The van der Waals surface area contributed by atoms with Crippen molar-refractivity contribution in [1.29, 1.82) is 0 Å². The number of amides is 5. The number of thioether (sulfide) groups is 2. The summed E-state index contributed by atoms with van der Waals surface area (Å²) in [5.41, 5.74) is 1.10. The molecule has 5 amide bonds. The van der Waals surface area contributed by atoms with Gasteiger partial charge < -0.3 is 40.7 Å². The topological polar surface area (TPSA) is 210 Å². The Balaban J connectivity index is 1.50. The molecule has 1 spiro atoms. The van der Waals surface area contributed by atoms with Gasteiger partial charge in [0.2, 0.25) is 23.5 Å². The van der Waals surface area contributed by atoms with Gasteiger partial charge in [0.25, 0.3) is 5.91 Å². The van der Waals surface area contributed by atoms with E-state index in [1.165, 1.54) is 17.0 Å². The standard InChI is InChI=1S/C40H52ClN5O10S2/c1-5-10-29(34(48)36(50)42-20-31(47)44-33(38(52)53)27-11-7-6-8-12-27)43-35(49)30-19-40(57-17-9-18-58-40)23-46(30)37(51)32(45-39(54)56-21-24(2)3)25(4)55-22-26-13-15-28(41)16-14-26/h6-8,11-16,24-25,29-30,32-33H,5,9-10,17-23H2,1-4H3,(H,42,50)(H,43,49)(H,44,47)(H,45,54)(H,52,53)/t25-,29?,30+,32+,33+/m1/s1. The van der Waals surface area contributed by atoms with Crippen molar-refractivity contribution in [2.24, 2.45) is 5.92 Å². The molecule has 0 radical (unpaired) electrons. The van der Waals surface area contributed by atoms with Gasteiger partial charge in [-0.05, 0) is 60.4 Å². The molecule has 0 bridgehead atoms. The molecule has 0 aliphatic carbocycles. The number of Topliss-reactive ketones (excluding diaryl/α,β-unsaturated/α-hetero) is 1. The van der Waals surface area contributed by atoms with E-state index in [1.807, 2.05) is 13.8 Å². The molecule has 15 nitrogen and oxygen atoms in total. The molecule has 1 unspecified atom stereocenters. The third-order valence-corrected chi connectivity index (χ3v) is 13.0. The highest BCUT2D eigenvalue weighted by Crippen LogP contribution is 2.50. The van der Waals surface area contributed by atoms with Gasteiger partial charge >= 0.3 is 12.1 Å². The number of ketones is 1. The van der Waals surface area contributed by atoms with Crippen LogP contribution in [0, 0.1) is 5.92 Å². The van der Waals surface area contributed by atoms with E-state index in [0.717, 1.165) is 23.5 Å². The number of carboxylic acid groups (broad SMARTS) is 1. The number of carboxylic acids is 1. The molecule has 2 aromatic carbocycles. The minimum absolute atomic E-state index is 0.0345. The van der Waals surface area contributed by atoms with E-state index in [2.05, 4.69) is 21.3 Å². The number of likely N-dealkylation sites (tertiary alicyclic amines) is 1. The van der Waals surface area contributed by atoms with Gasteiger partial charge in [-0.1, -0.05) is 81.3 Å². The lowest BCUT2D eigenvalue weighted by atomic mass is 10.0. The molecule has 2 saturated heterocycles. The lowest BCUT2D eigenvalue weighted by Gasteiger charge is -2.33. The molecule has 0 saturated carbocycles. The molecule has 2 aliphatic heterocycles. The zero-order valence-corrected chi connectivity index (χ0v) is 35.4. The van der Waals surface area contributed by atoms with E-state index in [9.17, 15) is 38.7 Å². The van der Waals surface area contributed by atoms with Crippen molar-refractivity contribution < 1.29 is 48.1 Å². The fraction of sp³-hybridized carbons (Fsp3) is 0.525. The maximum absolute atomic E-state index is 14.6. The summed E-state index contributed by atoms with van der Waals surface area (Å²) in [6.45, 7) is 6.85. The molecular formula is C40H52ClN5O10S2. The lowest BCUT2D eigenvalue weighted by molar-refractivity contribution is -0.145. The van der Waals surface area contributed by atoms with Crippen molar-refractivity contribution in [3.05, 3.63) is 70.7 Å². The number of alkyl carbamates (subject to hydrolysis) is 1. The lowest BCUT2D eigenvalue weighted by Crippen LogP contribution is -2.59. The minimum Gasteiger partial charge on any atom is -0.479 e. The number of hydrogen-bond donors (Lipinski definition) is 5. The molecule has 316 valence electrons. The van der Waals surface area contributed by atoms with E-state index in [4.69, 9.17) is 21.1 Å². The van der Waals surface area contributed by atoms with Crippen molar-refractivity contribution in [2.45, 2.75) is 94.3 Å². The second kappa shape index (κ2) is 22.2. The number of nitrogens with one attached hydrogen (secondary N) is 4. The molecule has 0 aromatic heterocycles. The molecule has 58 heavy (non-hydrogen) atoms. The van der Waals surface area contributed by atoms with Crippen molar-refractivity contribution in [3.8, 4) is 0 Å². The van der Waals surface area contributed by atoms with E-state index in [1.54, 1.807) is 79.8 Å². The predicted molar refractivity (Wildman–Crippen MR) is 221 cm³/mol. The van der Waals surface area contributed by atoms with Crippen LogP contribution in [0.5, 0.6) is 0 Å². The Morgan fingerprint density at radius 2 is 1.62 bits per heavy atom. The number of aliphatic carboxylic acids is 1. The highest BCUT2D eigenvalue weighted by atomic mass is 35.5. The van der Waals surface area contributed by atoms with Gasteiger partial charge in [-0.3, -0.25) is 24.0 Å². The Kier molecular flexibility index (Phi) is 17.7. The van der Waals surface area contributed by atoms with Gasteiger partial charge in [0.1, 0.15) is 12.1 Å². The van der Waals surface area contributed by atoms with Crippen LogP contribution in [0.3, 0.4) is 0 Å². The van der Waals surface area contributed by atoms with Gasteiger partial charge in [-0.2, -0.15) is 0 Å². The number of rotatable bonds is 19. The van der Waals surface area contributed by atoms with Crippen LogP contribution in [-0.2, 0) is 44.8 Å². The van der Waals surface area contributed by atoms with Crippen molar-refractivity contribution in [2.75, 3.05) is 31.2 Å². The van der Waals surface area contributed by atoms with E-state index in [0.29, 0.717) is 17.0 Å². The predicted octanol–water partition coefficient (Wildman–Crippen LogP) is 4.08. The SMILES string of the molecule is CCCC(NC(=O)[C@@H]1CC2(CN1C(=O)[C@@H](NC(=O)OCC(C)C)[C@@H](C)OCc1ccc(Cl)cc1)SCCCS2)C(=O)C(=O)NCC(=O)N[C@H](C(=O)O)c1ccccc1. The highest BCUT2D eigenvalue weighted by molar-refractivity contribution is 8.18. The van der Waals surface area contributed by atoms with Crippen LogP contribution in [0.2, 0.25) is 5.02 Å². The Labute approximate surface area is 351 Å². The number of hydrogen-bond acceptors (Lipinski definition) is 11. The molecule has 4 rings (SSSR count). The fourth-order valence-corrected chi connectivity index (χ4v) is 9.86. The largest absolute Gasteiger partial charge is 0.479 e.